The second-order valence-corrected chi connectivity index (χ2v) is 8.90. The van der Waals surface area contributed by atoms with Crippen LogP contribution in [0.15, 0.2) is 36.5 Å². The van der Waals surface area contributed by atoms with Crippen LogP contribution in [0.5, 0.6) is 0 Å². The molecule has 0 aliphatic heterocycles. The molecule has 0 spiro atoms. The highest BCUT2D eigenvalue weighted by Crippen LogP contribution is 2.12. The van der Waals surface area contributed by atoms with Gasteiger partial charge in [-0.05, 0) is 39.0 Å². The summed E-state index contributed by atoms with van der Waals surface area (Å²) in [5.41, 5.74) is 0. The molecule has 5 heteroatoms. The number of nitrogens with one attached hydrogen (secondary N) is 1. The van der Waals surface area contributed by atoms with Crippen molar-refractivity contribution in [2.24, 2.45) is 0 Å². The van der Waals surface area contributed by atoms with Gasteiger partial charge in [0.15, 0.2) is 0 Å². The van der Waals surface area contributed by atoms with Crippen molar-refractivity contribution in [3.05, 3.63) is 36.5 Å². The summed E-state index contributed by atoms with van der Waals surface area (Å²) in [6.45, 7) is 3.86. The van der Waals surface area contributed by atoms with Crippen molar-refractivity contribution in [1.82, 2.24) is 5.32 Å². The number of hydrogen-bond donors (Lipinski definition) is 4. The van der Waals surface area contributed by atoms with E-state index in [1.165, 1.54) is 44.9 Å². The minimum Gasteiger partial charge on any atom is -0.394 e. The summed E-state index contributed by atoms with van der Waals surface area (Å²) in [4.78, 5) is 12.2. The molecule has 5 nitrogen and oxygen atoms in total. The first-order valence-corrected chi connectivity index (χ1v) is 13.3. The number of aliphatic hydroxyl groups is 3. The molecule has 0 saturated carbocycles. The third-order valence-corrected chi connectivity index (χ3v) is 5.81. The maximum Gasteiger partial charge on any atom is 0.249 e. The van der Waals surface area contributed by atoms with Crippen LogP contribution in [0.25, 0.3) is 0 Å². The average molecular weight is 466 g/mol. The molecule has 0 aliphatic carbocycles. The second-order valence-electron chi connectivity index (χ2n) is 8.90. The highest BCUT2D eigenvalue weighted by Gasteiger charge is 2.22. The molecule has 0 heterocycles. The third kappa shape index (κ3) is 19.7. The van der Waals surface area contributed by atoms with Gasteiger partial charge in [0.2, 0.25) is 5.91 Å². The predicted molar refractivity (Wildman–Crippen MR) is 139 cm³/mol. The Labute approximate surface area is 203 Å². The van der Waals surface area contributed by atoms with E-state index in [1.807, 2.05) is 19.1 Å². The Morgan fingerprint density at radius 1 is 0.788 bits per heavy atom. The maximum atomic E-state index is 12.2. The van der Waals surface area contributed by atoms with E-state index in [0.29, 0.717) is 6.42 Å². The van der Waals surface area contributed by atoms with Crippen LogP contribution in [-0.4, -0.2) is 46.1 Å². The van der Waals surface area contributed by atoms with Gasteiger partial charge < -0.3 is 20.6 Å². The van der Waals surface area contributed by atoms with E-state index in [9.17, 15) is 20.1 Å². The molecule has 0 radical (unpaired) electrons. The number of carbonyl (C=O) groups is 1. The van der Waals surface area contributed by atoms with E-state index in [1.54, 1.807) is 6.08 Å². The Balaban J connectivity index is 3.96. The fourth-order valence-corrected chi connectivity index (χ4v) is 3.63. The molecule has 3 atom stereocenters. The van der Waals surface area contributed by atoms with E-state index < -0.39 is 24.2 Å². The lowest BCUT2D eigenvalue weighted by Gasteiger charge is -2.21. The van der Waals surface area contributed by atoms with Gasteiger partial charge in [-0.2, -0.15) is 0 Å². The van der Waals surface area contributed by atoms with Crippen molar-refractivity contribution in [2.45, 2.75) is 128 Å². The molecule has 0 saturated heterocycles. The first-order valence-electron chi connectivity index (χ1n) is 13.3. The predicted octanol–water partition coefficient (Wildman–Crippen LogP) is 5.75. The smallest absolute Gasteiger partial charge is 0.249 e. The van der Waals surface area contributed by atoms with Crippen LogP contribution in [0, 0.1) is 0 Å². The number of aliphatic hydroxyl groups excluding tert-OH is 3. The molecule has 0 aliphatic rings. The van der Waals surface area contributed by atoms with Gasteiger partial charge in [0.05, 0.1) is 18.8 Å². The third-order valence-electron chi connectivity index (χ3n) is 5.81. The highest BCUT2D eigenvalue weighted by atomic mass is 16.3. The van der Waals surface area contributed by atoms with Gasteiger partial charge in [-0.25, -0.2) is 0 Å². The monoisotopic (exact) mass is 465 g/mol. The minimum absolute atomic E-state index is 0.382. The lowest BCUT2D eigenvalue weighted by Crippen LogP contribution is -2.48. The molecule has 0 aromatic carbocycles. The quantitative estimate of drug-likeness (QED) is 0.121. The lowest BCUT2D eigenvalue weighted by atomic mass is 10.0. The lowest BCUT2D eigenvalue weighted by molar-refractivity contribution is -0.131. The zero-order valence-electron chi connectivity index (χ0n) is 21.3. The second kappa shape index (κ2) is 23.7. The Morgan fingerprint density at radius 3 is 1.85 bits per heavy atom. The first kappa shape index (κ1) is 31.6. The van der Waals surface area contributed by atoms with Gasteiger partial charge in [-0.1, -0.05) is 108 Å². The number of allylic oxidation sites excluding steroid dienone is 5. The summed E-state index contributed by atoms with van der Waals surface area (Å²) in [5, 5.41) is 32.4. The molecule has 0 aromatic rings. The number of hydrogen-bond acceptors (Lipinski definition) is 4. The number of unbranched alkanes of at least 4 members (excludes halogenated alkanes) is 11. The van der Waals surface area contributed by atoms with E-state index in [4.69, 9.17) is 0 Å². The SMILES string of the molecule is C/C=C/CC/C=C/CC/C=C/C(O)C(CO)NC(=O)C(O)CCCCCCCCCCCC. The molecule has 0 aromatic heterocycles. The molecular weight excluding hydrogens is 414 g/mol. The van der Waals surface area contributed by atoms with Gasteiger partial charge in [-0.3, -0.25) is 4.79 Å². The summed E-state index contributed by atoms with van der Waals surface area (Å²) in [6.07, 6.45) is 26.0. The zero-order chi connectivity index (χ0) is 24.6. The average Bonchev–Trinajstić information content (AvgIpc) is 2.82. The molecule has 3 unspecified atom stereocenters. The Hall–Kier alpha value is -1.43. The molecule has 0 rings (SSSR count). The summed E-state index contributed by atoms with van der Waals surface area (Å²) in [5.74, 6) is -0.526. The summed E-state index contributed by atoms with van der Waals surface area (Å²) in [7, 11) is 0. The van der Waals surface area contributed by atoms with E-state index in [-0.39, 0.29) is 6.61 Å². The molecular formula is C28H51NO4. The van der Waals surface area contributed by atoms with Gasteiger partial charge in [0.25, 0.3) is 0 Å². The Kier molecular flexibility index (Phi) is 22.7. The largest absolute Gasteiger partial charge is 0.394 e. The van der Waals surface area contributed by atoms with Crippen LogP contribution in [0.3, 0.4) is 0 Å². The minimum atomic E-state index is -1.10. The summed E-state index contributed by atoms with van der Waals surface area (Å²) >= 11 is 0. The molecule has 192 valence electrons. The number of carbonyl (C=O) groups excluding carboxylic acids is 1. The van der Waals surface area contributed by atoms with Gasteiger partial charge >= 0.3 is 0 Å². The van der Waals surface area contributed by atoms with Crippen LogP contribution in [0.2, 0.25) is 0 Å². The van der Waals surface area contributed by atoms with E-state index in [0.717, 1.165) is 44.9 Å². The molecule has 4 N–H and O–H groups in total. The van der Waals surface area contributed by atoms with Gasteiger partial charge in [0.1, 0.15) is 6.10 Å². The first-order chi connectivity index (χ1) is 16.1. The number of amides is 1. The fourth-order valence-electron chi connectivity index (χ4n) is 3.63. The van der Waals surface area contributed by atoms with Crippen molar-refractivity contribution in [2.75, 3.05) is 6.61 Å². The van der Waals surface area contributed by atoms with Gasteiger partial charge in [-0.15, -0.1) is 0 Å². The molecule has 0 fully saturated rings. The van der Waals surface area contributed by atoms with Crippen molar-refractivity contribution in [3.8, 4) is 0 Å². The summed E-state index contributed by atoms with van der Waals surface area (Å²) in [6, 6.07) is -0.813. The van der Waals surface area contributed by atoms with Gasteiger partial charge in [0, 0.05) is 0 Å². The Bertz CT molecular complexity index is 530. The topological polar surface area (TPSA) is 89.8 Å². The van der Waals surface area contributed by atoms with Crippen LogP contribution in [0.1, 0.15) is 110 Å². The normalized spacial score (nSPS) is 14.9. The van der Waals surface area contributed by atoms with Crippen LogP contribution in [0.4, 0.5) is 0 Å². The van der Waals surface area contributed by atoms with Crippen molar-refractivity contribution in [3.63, 3.8) is 0 Å². The maximum absolute atomic E-state index is 12.2. The fraction of sp³-hybridized carbons (Fsp3) is 0.750. The molecule has 0 bridgehead atoms. The zero-order valence-corrected chi connectivity index (χ0v) is 21.3. The molecule has 33 heavy (non-hydrogen) atoms. The molecule has 1 amide bonds. The number of rotatable bonds is 22. The standard InChI is InChI=1S/C28H51NO4/c1-3-5-7-9-11-13-15-17-19-21-23-27(32)28(33)29-25(24-30)26(31)22-20-18-16-14-12-10-8-6-4-2/h4,6,12,14,20,22,25-27,30-32H,3,5,7-11,13,15-19,21,23-24H2,1-2H3,(H,29,33)/b6-4+,14-12+,22-20+. The Morgan fingerprint density at radius 2 is 1.30 bits per heavy atom. The highest BCUT2D eigenvalue weighted by molar-refractivity contribution is 5.80. The van der Waals surface area contributed by atoms with Crippen molar-refractivity contribution in [1.29, 1.82) is 0 Å². The van der Waals surface area contributed by atoms with Crippen LogP contribution >= 0.6 is 0 Å². The van der Waals surface area contributed by atoms with Crippen LogP contribution in [-0.2, 0) is 4.79 Å². The van der Waals surface area contributed by atoms with E-state index in [2.05, 4.69) is 30.5 Å². The van der Waals surface area contributed by atoms with Crippen molar-refractivity contribution >= 4 is 5.91 Å². The summed E-state index contributed by atoms with van der Waals surface area (Å²) < 4.78 is 0. The van der Waals surface area contributed by atoms with Crippen molar-refractivity contribution < 1.29 is 20.1 Å². The van der Waals surface area contributed by atoms with Crippen LogP contribution < -0.4 is 5.32 Å². The van der Waals surface area contributed by atoms with E-state index >= 15 is 0 Å².